The molecule has 0 amide bonds. The molecule has 0 saturated heterocycles. The van der Waals surface area contributed by atoms with Crippen molar-refractivity contribution in [3.63, 3.8) is 0 Å². The fourth-order valence-corrected chi connectivity index (χ4v) is 3.40. The van der Waals surface area contributed by atoms with Crippen molar-refractivity contribution in [2.45, 2.75) is 46.7 Å². The summed E-state index contributed by atoms with van der Waals surface area (Å²) in [5, 5.41) is 1.91. The Morgan fingerprint density at radius 3 is 2.79 bits per heavy atom. The van der Waals surface area contributed by atoms with E-state index in [9.17, 15) is 0 Å². The Kier molecular flexibility index (Phi) is 2.44. The fourth-order valence-electron chi connectivity index (χ4n) is 3.40. The van der Waals surface area contributed by atoms with Gasteiger partial charge >= 0.3 is 0 Å². The molecule has 0 spiro atoms. The zero-order valence-electron chi connectivity index (χ0n) is 18.3. The van der Waals surface area contributed by atoms with Crippen molar-refractivity contribution in [3.05, 3.63) is 47.9 Å². The molecule has 0 N–H and O–H groups in total. The van der Waals surface area contributed by atoms with E-state index in [0.29, 0.717) is 11.3 Å². The number of furan rings is 1. The first-order valence-electron chi connectivity index (χ1n) is 10.1. The molecule has 1 aromatic carbocycles. The zero-order chi connectivity index (χ0) is 20.4. The Balaban J connectivity index is 1.85. The second kappa shape index (κ2) is 5.26. The molecule has 1 aliphatic heterocycles. The van der Waals surface area contributed by atoms with Crippen LogP contribution in [0.2, 0.25) is 0 Å². The Bertz CT molecular complexity index is 1100. The van der Waals surface area contributed by atoms with Gasteiger partial charge < -0.3 is 14.2 Å². The topological polar surface area (TPSA) is 32.5 Å². The van der Waals surface area contributed by atoms with Gasteiger partial charge in [-0.05, 0) is 52.2 Å². The van der Waals surface area contributed by atoms with E-state index in [2.05, 4.69) is 4.98 Å². The summed E-state index contributed by atoms with van der Waals surface area (Å²) in [7, 11) is 0. The SMILES string of the molecule is [2H]C([2H])([2H])C([2H])(C)N1C=CN(c2c(C)ccc3c2oc2nc(C)ccc23)[C@H]1C. The van der Waals surface area contributed by atoms with Gasteiger partial charge in [0.25, 0.3) is 0 Å². The third-order valence-corrected chi connectivity index (χ3v) is 4.66. The molecule has 4 nitrogen and oxygen atoms in total. The number of aryl methyl sites for hydroxylation is 2. The number of pyridine rings is 1. The van der Waals surface area contributed by atoms with Crippen molar-refractivity contribution in [2.75, 3.05) is 4.90 Å². The standard InChI is InChI=1S/C20H23N3O/c1-12(2)22-10-11-23(15(22)5)18-13(3)6-8-16-17-9-7-14(4)21-20(17)24-19(16)18/h6-12,15H,1-5H3/t15-/m0/s1/i1D3,12D/t12?,15-. The summed E-state index contributed by atoms with van der Waals surface area (Å²) in [5.41, 5.74) is 4.05. The van der Waals surface area contributed by atoms with E-state index in [1.54, 1.807) is 11.1 Å². The van der Waals surface area contributed by atoms with Crippen molar-refractivity contribution in [3.8, 4) is 0 Å². The summed E-state index contributed by atoms with van der Waals surface area (Å²) >= 11 is 0. The first kappa shape index (κ1) is 11.1. The molecule has 0 bridgehead atoms. The van der Waals surface area contributed by atoms with Gasteiger partial charge in [0.15, 0.2) is 5.58 Å². The van der Waals surface area contributed by atoms with E-state index >= 15 is 0 Å². The third kappa shape index (κ3) is 2.09. The number of hydrogen-bond donors (Lipinski definition) is 0. The third-order valence-electron chi connectivity index (χ3n) is 4.66. The van der Waals surface area contributed by atoms with Crippen LogP contribution < -0.4 is 4.90 Å². The second-order valence-corrected chi connectivity index (χ2v) is 6.35. The summed E-state index contributed by atoms with van der Waals surface area (Å²) < 4.78 is 37.8. The quantitative estimate of drug-likeness (QED) is 0.667. The van der Waals surface area contributed by atoms with Crippen LogP contribution >= 0.6 is 0 Å². The van der Waals surface area contributed by atoms with Gasteiger partial charge in [-0.15, -0.1) is 0 Å². The number of rotatable bonds is 2. The van der Waals surface area contributed by atoms with Gasteiger partial charge in [0.05, 0.1) is 7.06 Å². The molecule has 1 unspecified atom stereocenters. The monoisotopic (exact) mass is 325 g/mol. The average Bonchev–Trinajstić information content (AvgIpc) is 3.14. The molecule has 24 heavy (non-hydrogen) atoms. The largest absolute Gasteiger partial charge is 0.435 e. The zero-order valence-corrected chi connectivity index (χ0v) is 14.3. The minimum absolute atomic E-state index is 0.352. The maximum absolute atomic E-state index is 8.44. The van der Waals surface area contributed by atoms with Gasteiger partial charge in [-0.3, -0.25) is 0 Å². The van der Waals surface area contributed by atoms with Crippen LogP contribution in [-0.4, -0.2) is 22.1 Å². The fraction of sp³-hybridized carbons (Fsp3) is 0.350. The van der Waals surface area contributed by atoms with Gasteiger partial charge in [0, 0.05) is 39.0 Å². The second-order valence-electron chi connectivity index (χ2n) is 6.35. The maximum atomic E-state index is 8.44. The molecule has 4 rings (SSSR count). The number of aromatic nitrogens is 1. The molecule has 0 radical (unpaired) electrons. The molecule has 0 fully saturated rings. The summed E-state index contributed by atoms with van der Waals surface area (Å²) in [4.78, 5) is 8.02. The highest BCUT2D eigenvalue weighted by atomic mass is 16.3. The lowest BCUT2D eigenvalue weighted by Crippen LogP contribution is -2.39. The molecular weight excluding hydrogens is 298 g/mol. The highest BCUT2D eigenvalue weighted by Gasteiger charge is 2.28. The van der Waals surface area contributed by atoms with Crippen LogP contribution in [0.5, 0.6) is 0 Å². The normalized spacial score (nSPS) is 23.2. The van der Waals surface area contributed by atoms with Crippen molar-refractivity contribution in [2.24, 2.45) is 0 Å². The van der Waals surface area contributed by atoms with E-state index in [1.165, 1.54) is 6.92 Å². The molecule has 4 heteroatoms. The van der Waals surface area contributed by atoms with Gasteiger partial charge in [-0.1, -0.05) is 12.1 Å². The van der Waals surface area contributed by atoms with Crippen LogP contribution in [0.1, 0.15) is 37.4 Å². The first-order valence-corrected chi connectivity index (χ1v) is 8.07. The van der Waals surface area contributed by atoms with Crippen molar-refractivity contribution < 1.29 is 9.90 Å². The van der Waals surface area contributed by atoms with Crippen LogP contribution in [0.3, 0.4) is 0 Å². The average molecular weight is 325 g/mol. The molecule has 2 aromatic heterocycles. The molecule has 1 aliphatic rings. The number of nitrogens with zero attached hydrogens (tertiary/aromatic N) is 3. The van der Waals surface area contributed by atoms with Crippen LogP contribution in [0.25, 0.3) is 22.1 Å². The summed E-state index contributed by atoms with van der Waals surface area (Å²) in [6, 6.07) is 6.27. The minimum Gasteiger partial charge on any atom is -0.435 e. The molecule has 2 atom stereocenters. The predicted molar refractivity (Wildman–Crippen MR) is 99.0 cm³/mol. The highest BCUT2D eigenvalue weighted by Crippen LogP contribution is 2.39. The number of fused-ring (bicyclic) bond motifs is 3. The summed E-state index contributed by atoms with van der Waals surface area (Å²) in [5.74, 6) is 0. The smallest absolute Gasteiger partial charge is 0.227 e. The Morgan fingerprint density at radius 1 is 1.21 bits per heavy atom. The van der Waals surface area contributed by atoms with Gasteiger partial charge in [0.2, 0.25) is 5.71 Å². The van der Waals surface area contributed by atoms with Crippen LogP contribution in [0.4, 0.5) is 5.69 Å². The lowest BCUT2D eigenvalue weighted by molar-refractivity contribution is 0.263. The molecular formula is C20H23N3O. The van der Waals surface area contributed by atoms with E-state index in [1.807, 2.05) is 56.1 Å². The molecule has 3 heterocycles. The van der Waals surface area contributed by atoms with Crippen LogP contribution in [-0.2, 0) is 0 Å². The maximum Gasteiger partial charge on any atom is 0.227 e. The summed E-state index contributed by atoms with van der Waals surface area (Å²) in [6.07, 6.45) is 3.14. The van der Waals surface area contributed by atoms with Crippen molar-refractivity contribution in [1.29, 1.82) is 0 Å². The Morgan fingerprint density at radius 2 is 2.00 bits per heavy atom. The van der Waals surface area contributed by atoms with Crippen LogP contribution in [0.15, 0.2) is 41.1 Å². The molecule has 124 valence electrons. The number of anilines is 1. The van der Waals surface area contributed by atoms with E-state index in [4.69, 9.17) is 9.90 Å². The lowest BCUT2D eigenvalue weighted by Gasteiger charge is -2.33. The molecule has 0 saturated carbocycles. The lowest BCUT2D eigenvalue weighted by atomic mass is 10.1. The minimum atomic E-state index is -2.44. The van der Waals surface area contributed by atoms with E-state index in [-0.39, 0.29) is 6.17 Å². The molecule has 3 aromatic rings. The van der Waals surface area contributed by atoms with Crippen molar-refractivity contribution in [1.82, 2.24) is 9.88 Å². The van der Waals surface area contributed by atoms with Gasteiger partial charge in [-0.25, -0.2) is 4.98 Å². The van der Waals surface area contributed by atoms with E-state index in [0.717, 1.165) is 27.7 Å². The van der Waals surface area contributed by atoms with Gasteiger partial charge in [-0.2, -0.15) is 0 Å². The van der Waals surface area contributed by atoms with E-state index < -0.39 is 12.9 Å². The Labute approximate surface area is 148 Å². The Hall–Kier alpha value is -2.49. The number of benzene rings is 1. The van der Waals surface area contributed by atoms with Crippen molar-refractivity contribution >= 4 is 27.8 Å². The van der Waals surface area contributed by atoms with Crippen LogP contribution in [0, 0.1) is 13.8 Å². The predicted octanol–water partition coefficient (Wildman–Crippen LogP) is 4.95. The summed E-state index contributed by atoms with van der Waals surface area (Å²) in [6.45, 7) is 4.79. The number of hydrogen-bond acceptors (Lipinski definition) is 4. The van der Waals surface area contributed by atoms with Gasteiger partial charge in [0.1, 0.15) is 6.17 Å². The molecule has 0 aliphatic carbocycles. The first-order chi connectivity index (χ1) is 13.0. The highest BCUT2D eigenvalue weighted by molar-refractivity contribution is 6.08.